The summed E-state index contributed by atoms with van der Waals surface area (Å²) in [4.78, 5) is 18.8. The summed E-state index contributed by atoms with van der Waals surface area (Å²) >= 11 is 1.64. The summed E-state index contributed by atoms with van der Waals surface area (Å²) in [6, 6.07) is 1.97. The summed E-state index contributed by atoms with van der Waals surface area (Å²) in [6.07, 6.45) is 6.67. The van der Waals surface area contributed by atoms with E-state index in [9.17, 15) is 4.79 Å². The van der Waals surface area contributed by atoms with Gasteiger partial charge in [0.05, 0.1) is 0 Å². The fourth-order valence-corrected chi connectivity index (χ4v) is 3.64. The van der Waals surface area contributed by atoms with Crippen LogP contribution in [0.5, 0.6) is 0 Å². The Labute approximate surface area is 118 Å². The Morgan fingerprint density at radius 3 is 3.05 bits per heavy atom. The summed E-state index contributed by atoms with van der Waals surface area (Å²) in [5.74, 6) is 1.63. The normalized spacial score (nSPS) is 22.8. The summed E-state index contributed by atoms with van der Waals surface area (Å²) < 4.78 is 0. The Morgan fingerprint density at radius 2 is 2.37 bits per heavy atom. The van der Waals surface area contributed by atoms with Crippen molar-refractivity contribution in [3.8, 4) is 0 Å². The molecule has 0 bridgehead atoms. The van der Waals surface area contributed by atoms with Crippen LogP contribution < -0.4 is 11.3 Å². The molecular formula is C14H23N3OS. The molecule has 0 aromatic carbocycles. The Morgan fingerprint density at radius 1 is 1.53 bits per heavy atom. The number of aromatic nitrogens is 2. The number of hydrogen-bond acceptors (Lipinski definition) is 4. The second-order valence-electron chi connectivity index (χ2n) is 5.28. The van der Waals surface area contributed by atoms with Gasteiger partial charge in [0.1, 0.15) is 0 Å². The zero-order valence-electron chi connectivity index (χ0n) is 11.5. The molecule has 3 N–H and O–H groups in total. The van der Waals surface area contributed by atoms with Crippen molar-refractivity contribution in [1.82, 2.24) is 9.97 Å². The van der Waals surface area contributed by atoms with Crippen molar-refractivity contribution >= 4 is 11.8 Å². The molecule has 19 heavy (non-hydrogen) atoms. The second kappa shape index (κ2) is 7.10. The fraction of sp³-hybridized carbons (Fsp3) is 0.714. The maximum atomic E-state index is 11.5. The van der Waals surface area contributed by atoms with E-state index < -0.39 is 0 Å². The molecule has 1 aliphatic carbocycles. The van der Waals surface area contributed by atoms with Crippen molar-refractivity contribution in [3.63, 3.8) is 0 Å². The standard InChI is InChI=1S/C14H23N3OS/c1-2-4-11-9-13(18)17-14(16-11)19-8-7-10-5-3-6-12(10)15/h9-10,12H,2-8,15H2,1H3,(H,16,17,18). The molecule has 5 heteroatoms. The zero-order chi connectivity index (χ0) is 13.7. The maximum Gasteiger partial charge on any atom is 0.251 e. The van der Waals surface area contributed by atoms with Crippen LogP contribution in [0.15, 0.2) is 16.0 Å². The van der Waals surface area contributed by atoms with Gasteiger partial charge in [-0.25, -0.2) is 4.98 Å². The smallest absolute Gasteiger partial charge is 0.251 e. The van der Waals surface area contributed by atoms with Gasteiger partial charge >= 0.3 is 0 Å². The third kappa shape index (κ3) is 4.35. The lowest BCUT2D eigenvalue weighted by Gasteiger charge is -2.14. The Balaban J connectivity index is 1.86. The van der Waals surface area contributed by atoms with Gasteiger partial charge in [0.2, 0.25) is 0 Å². The molecule has 1 heterocycles. The molecule has 0 saturated heterocycles. The van der Waals surface area contributed by atoms with Gasteiger partial charge in [0.25, 0.3) is 5.56 Å². The first-order valence-electron chi connectivity index (χ1n) is 7.17. The van der Waals surface area contributed by atoms with Gasteiger partial charge < -0.3 is 10.7 Å². The van der Waals surface area contributed by atoms with Crippen LogP contribution in [0.1, 0.15) is 44.7 Å². The van der Waals surface area contributed by atoms with Gasteiger partial charge in [-0.1, -0.05) is 31.5 Å². The fourth-order valence-electron chi connectivity index (χ4n) is 2.67. The van der Waals surface area contributed by atoms with Crippen LogP contribution in [0.3, 0.4) is 0 Å². The predicted molar refractivity (Wildman–Crippen MR) is 79.5 cm³/mol. The van der Waals surface area contributed by atoms with E-state index in [1.807, 2.05) is 0 Å². The van der Waals surface area contributed by atoms with Gasteiger partial charge in [-0.05, 0) is 31.6 Å². The minimum Gasteiger partial charge on any atom is -0.327 e. The van der Waals surface area contributed by atoms with Crippen molar-refractivity contribution < 1.29 is 0 Å². The molecule has 0 spiro atoms. The molecule has 1 aliphatic rings. The highest BCUT2D eigenvalue weighted by atomic mass is 32.2. The molecule has 1 aromatic heterocycles. The van der Waals surface area contributed by atoms with E-state index in [0.717, 1.165) is 42.3 Å². The number of nitrogens with two attached hydrogens (primary N) is 1. The molecule has 0 amide bonds. The van der Waals surface area contributed by atoms with Crippen molar-refractivity contribution in [2.75, 3.05) is 5.75 Å². The molecule has 1 aromatic rings. The molecule has 2 rings (SSSR count). The van der Waals surface area contributed by atoms with E-state index >= 15 is 0 Å². The van der Waals surface area contributed by atoms with Crippen molar-refractivity contribution in [2.24, 2.45) is 11.7 Å². The van der Waals surface area contributed by atoms with Crippen molar-refractivity contribution in [2.45, 2.75) is 56.6 Å². The maximum absolute atomic E-state index is 11.5. The van der Waals surface area contributed by atoms with E-state index in [0.29, 0.717) is 12.0 Å². The predicted octanol–water partition coefficient (Wildman–Crippen LogP) is 2.33. The number of aryl methyl sites for hydroxylation is 1. The van der Waals surface area contributed by atoms with Gasteiger partial charge in [-0.15, -0.1) is 0 Å². The van der Waals surface area contributed by atoms with Crippen LogP contribution in [0.2, 0.25) is 0 Å². The van der Waals surface area contributed by atoms with E-state index in [4.69, 9.17) is 5.73 Å². The van der Waals surface area contributed by atoms with Gasteiger partial charge in [0, 0.05) is 23.6 Å². The van der Waals surface area contributed by atoms with E-state index in [1.165, 1.54) is 12.8 Å². The lowest BCUT2D eigenvalue weighted by Crippen LogP contribution is -2.24. The van der Waals surface area contributed by atoms with Crippen LogP contribution in [0.25, 0.3) is 0 Å². The highest BCUT2D eigenvalue weighted by Crippen LogP contribution is 2.28. The Kier molecular flexibility index (Phi) is 5.45. The quantitative estimate of drug-likeness (QED) is 0.620. The van der Waals surface area contributed by atoms with E-state index in [1.54, 1.807) is 17.8 Å². The molecule has 4 nitrogen and oxygen atoms in total. The Bertz CT molecular complexity index is 460. The second-order valence-corrected chi connectivity index (χ2v) is 6.37. The van der Waals surface area contributed by atoms with Crippen LogP contribution in [0, 0.1) is 5.92 Å². The van der Waals surface area contributed by atoms with E-state index in [2.05, 4.69) is 16.9 Å². The van der Waals surface area contributed by atoms with Gasteiger partial charge in [-0.2, -0.15) is 0 Å². The third-order valence-electron chi connectivity index (χ3n) is 3.72. The van der Waals surface area contributed by atoms with Gasteiger partial charge in [0.15, 0.2) is 5.16 Å². The first-order chi connectivity index (χ1) is 9.19. The first-order valence-corrected chi connectivity index (χ1v) is 8.16. The number of aromatic amines is 1. The summed E-state index contributed by atoms with van der Waals surface area (Å²) in [5.41, 5.74) is 6.92. The average Bonchev–Trinajstić information content (AvgIpc) is 2.75. The molecule has 106 valence electrons. The summed E-state index contributed by atoms with van der Waals surface area (Å²) in [7, 11) is 0. The van der Waals surface area contributed by atoms with Crippen molar-refractivity contribution in [3.05, 3.63) is 22.1 Å². The number of H-pyrrole nitrogens is 1. The molecule has 0 aliphatic heterocycles. The topological polar surface area (TPSA) is 71.8 Å². The molecule has 1 fully saturated rings. The summed E-state index contributed by atoms with van der Waals surface area (Å²) in [5, 5.41) is 0.752. The average molecular weight is 281 g/mol. The number of thioether (sulfide) groups is 1. The SMILES string of the molecule is CCCc1cc(=O)[nH]c(SCCC2CCCC2N)n1. The van der Waals surface area contributed by atoms with Crippen LogP contribution >= 0.6 is 11.8 Å². The van der Waals surface area contributed by atoms with Crippen LogP contribution in [-0.4, -0.2) is 21.8 Å². The number of nitrogens with one attached hydrogen (secondary N) is 1. The van der Waals surface area contributed by atoms with Crippen molar-refractivity contribution in [1.29, 1.82) is 0 Å². The summed E-state index contributed by atoms with van der Waals surface area (Å²) in [6.45, 7) is 2.09. The van der Waals surface area contributed by atoms with Crippen LogP contribution in [-0.2, 0) is 6.42 Å². The molecule has 1 saturated carbocycles. The number of rotatable bonds is 6. The molecular weight excluding hydrogens is 258 g/mol. The Hall–Kier alpha value is -0.810. The number of nitrogens with zero attached hydrogens (tertiary/aromatic N) is 1. The third-order valence-corrected chi connectivity index (χ3v) is 4.63. The minimum atomic E-state index is -0.0430. The highest BCUT2D eigenvalue weighted by molar-refractivity contribution is 7.99. The lowest BCUT2D eigenvalue weighted by molar-refractivity contribution is 0.470. The number of hydrogen-bond donors (Lipinski definition) is 2. The minimum absolute atomic E-state index is 0.0430. The first kappa shape index (κ1) is 14.6. The van der Waals surface area contributed by atoms with Gasteiger partial charge in [-0.3, -0.25) is 4.79 Å². The molecule has 0 radical (unpaired) electrons. The molecule has 2 atom stereocenters. The zero-order valence-corrected chi connectivity index (χ0v) is 12.3. The lowest BCUT2D eigenvalue weighted by atomic mass is 10.0. The highest BCUT2D eigenvalue weighted by Gasteiger charge is 2.23. The molecule has 2 unspecified atom stereocenters. The van der Waals surface area contributed by atoms with E-state index in [-0.39, 0.29) is 5.56 Å². The monoisotopic (exact) mass is 281 g/mol. The van der Waals surface area contributed by atoms with Crippen LogP contribution in [0.4, 0.5) is 0 Å². The largest absolute Gasteiger partial charge is 0.327 e.